The minimum Gasteiger partial charge on any atom is -0.493 e. The normalized spacial score (nSPS) is 10.8. The summed E-state index contributed by atoms with van der Waals surface area (Å²) in [6, 6.07) is 25.4. The first-order valence-corrected chi connectivity index (χ1v) is 12.1. The molecule has 0 unspecified atom stereocenters. The molecular formula is C28H28N2O3S. The molecule has 6 heteroatoms. The predicted octanol–water partition coefficient (Wildman–Crippen LogP) is 6.55. The van der Waals surface area contributed by atoms with Crippen LogP contribution in [0.5, 0.6) is 11.5 Å². The summed E-state index contributed by atoms with van der Waals surface area (Å²) in [7, 11) is 3.24. The molecule has 0 saturated carbocycles. The lowest BCUT2D eigenvalue weighted by atomic mass is 9.90. The first-order chi connectivity index (χ1) is 16.6. The van der Waals surface area contributed by atoms with Gasteiger partial charge in [-0.2, -0.15) is 0 Å². The Bertz CT molecular complexity index is 1200. The van der Waals surface area contributed by atoms with E-state index in [4.69, 9.17) is 14.5 Å². The predicted molar refractivity (Wildman–Crippen MR) is 138 cm³/mol. The van der Waals surface area contributed by atoms with Crippen LogP contribution in [0.2, 0.25) is 0 Å². The van der Waals surface area contributed by atoms with Crippen molar-refractivity contribution in [1.82, 2.24) is 4.98 Å². The van der Waals surface area contributed by atoms with Gasteiger partial charge in [-0.3, -0.25) is 4.79 Å². The average Bonchev–Trinajstić information content (AvgIpc) is 3.27. The fourth-order valence-electron chi connectivity index (χ4n) is 3.97. The van der Waals surface area contributed by atoms with E-state index in [1.165, 1.54) is 11.3 Å². The van der Waals surface area contributed by atoms with Gasteiger partial charge < -0.3 is 14.8 Å². The number of anilines is 1. The van der Waals surface area contributed by atoms with Crippen molar-refractivity contribution < 1.29 is 14.3 Å². The number of hydrogen-bond acceptors (Lipinski definition) is 5. The van der Waals surface area contributed by atoms with Crippen molar-refractivity contribution in [2.45, 2.75) is 25.7 Å². The number of carbonyl (C=O) groups excluding carboxylic acids is 1. The van der Waals surface area contributed by atoms with Gasteiger partial charge >= 0.3 is 0 Å². The van der Waals surface area contributed by atoms with Gasteiger partial charge in [-0.05, 0) is 35.7 Å². The molecule has 3 aromatic carbocycles. The van der Waals surface area contributed by atoms with Gasteiger partial charge in [-0.1, -0.05) is 74.0 Å². The van der Waals surface area contributed by atoms with Gasteiger partial charge in [-0.25, -0.2) is 4.98 Å². The van der Waals surface area contributed by atoms with Crippen LogP contribution in [0.4, 0.5) is 5.13 Å². The molecular weight excluding hydrogens is 444 g/mol. The third-order valence-electron chi connectivity index (χ3n) is 5.59. The van der Waals surface area contributed by atoms with Crippen molar-refractivity contribution in [1.29, 1.82) is 0 Å². The summed E-state index contributed by atoms with van der Waals surface area (Å²) in [5.74, 6) is 0.786. The third kappa shape index (κ3) is 5.13. The largest absolute Gasteiger partial charge is 0.493 e. The number of hydrogen-bond donors (Lipinski definition) is 1. The highest BCUT2D eigenvalue weighted by Crippen LogP contribution is 2.37. The zero-order valence-corrected chi connectivity index (χ0v) is 20.4. The summed E-state index contributed by atoms with van der Waals surface area (Å²) >= 11 is 1.52. The Hall–Kier alpha value is -3.64. The summed E-state index contributed by atoms with van der Waals surface area (Å²) in [5, 5.41) is 3.68. The van der Waals surface area contributed by atoms with Crippen molar-refractivity contribution in [3.8, 4) is 22.8 Å². The molecule has 0 aliphatic heterocycles. The molecule has 4 aromatic rings. The molecule has 4 rings (SSSR count). The minimum absolute atomic E-state index is 0.104. The SMILES string of the molecule is CCCc1sc(NC(=O)C(c2ccccc2)c2ccccc2)nc1-c1ccc(OC)c(OC)c1. The molecule has 0 spiro atoms. The van der Waals surface area contributed by atoms with E-state index in [9.17, 15) is 4.79 Å². The van der Waals surface area contributed by atoms with Crippen molar-refractivity contribution >= 4 is 22.4 Å². The lowest BCUT2D eigenvalue weighted by Gasteiger charge is -2.17. The summed E-state index contributed by atoms with van der Waals surface area (Å²) in [6.45, 7) is 2.14. The fourth-order valence-corrected chi connectivity index (χ4v) is 5.06. The molecule has 0 bridgehead atoms. The maximum atomic E-state index is 13.5. The van der Waals surface area contributed by atoms with Crippen LogP contribution in [-0.4, -0.2) is 25.1 Å². The standard InChI is InChI=1S/C28H28N2O3S/c1-4-11-24-26(21-16-17-22(32-2)23(18-21)33-3)29-28(34-24)30-27(31)25(19-12-7-5-8-13-19)20-14-9-6-10-15-20/h5-10,12-18,25H,4,11H2,1-3H3,(H,29,30,31). The van der Waals surface area contributed by atoms with Gasteiger partial charge in [0.1, 0.15) is 0 Å². The van der Waals surface area contributed by atoms with Crippen molar-refractivity contribution in [3.05, 3.63) is 94.9 Å². The summed E-state index contributed by atoms with van der Waals surface area (Å²) < 4.78 is 10.9. The van der Waals surface area contributed by atoms with Gasteiger partial charge in [0.15, 0.2) is 16.6 Å². The summed E-state index contributed by atoms with van der Waals surface area (Å²) in [5.41, 5.74) is 3.67. The number of ether oxygens (including phenoxy) is 2. The first kappa shape index (κ1) is 23.5. The lowest BCUT2D eigenvalue weighted by molar-refractivity contribution is -0.116. The molecule has 0 atom stereocenters. The first-order valence-electron chi connectivity index (χ1n) is 11.3. The highest BCUT2D eigenvalue weighted by Gasteiger charge is 2.24. The second kappa shape index (κ2) is 11.0. The van der Waals surface area contributed by atoms with E-state index in [1.54, 1.807) is 14.2 Å². The number of methoxy groups -OCH3 is 2. The number of aromatic nitrogens is 1. The number of nitrogens with one attached hydrogen (secondary N) is 1. The summed E-state index contributed by atoms with van der Waals surface area (Å²) in [4.78, 5) is 19.5. The maximum Gasteiger partial charge on any atom is 0.238 e. The molecule has 0 fully saturated rings. The second-order valence-corrected chi connectivity index (χ2v) is 8.94. The average molecular weight is 473 g/mol. The van der Waals surface area contributed by atoms with Gasteiger partial charge in [-0.15, -0.1) is 11.3 Å². The summed E-state index contributed by atoms with van der Waals surface area (Å²) in [6.07, 6.45) is 1.85. The number of carbonyl (C=O) groups is 1. The molecule has 0 saturated heterocycles. The van der Waals surface area contributed by atoms with E-state index in [0.29, 0.717) is 16.6 Å². The number of thiazole rings is 1. The number of amides is 1. The molecule has 0 radical (unpaired) electrons. The van der Waals surface area contributed by atoms with E-state index < -0.39 is 5.92 Å². The van der Waals surface area contributed by atoms with E-state index in [0.717, 1.165) is 40.1 Å². The molecule has 1 amide bonds. The van der Waals surface area contributed by atoms with Crippen LogP contribution >= 0.6 is 11.3 Å². The Balaban J connectivity index is 1.68. The third-order valence-corrected chi connectivity index (χ3v) is 6.62. The van der Waals surface area contributed by atoms with E-state index >= 15 is 0 Å². The smallest absolute Gasteiger partial charge is 0.238 e. The molecule has 34 heavy (non-hydrogen) atoms. The number of aryl methyl sites for hydroxylation is 1. The van der Waals surface area contributed by atoms with E-state index in [1.807, 2.05) is 78.9 Å². The van der Waals surface area contributed by atoms with E-state index in [2.05, 4.69) is 12.2 Å². The number of benzene rings is 3. The van der Waals surface area contributed by atoms with Crippen LogP contribution in [0.25, 0.3) is 11.3 Å². The van der Waals surface area contributed by atoms with Crippen molar-refractivity contribution in [2.24, 2.45) is 0 Å². The highest BCUT2D eigenvalue weighted by molar-refractivity contribution is 7.16. The van der Waals surface area contributed by atoms with Crippen molar-refractivity contribution in [3.63, 3.8) is 0 Å². The Morgan fingerprint density at radius 2 is 1.53 bits per heavy atom. The van der Waals surface area contributed by atoms with Crippen LogP contribution in [0.1, 0.15) is 35.3 Å². The molecule has 1 heterocycles. The number of rotatable bonds is 9. The molecule has 1 N–H and O–H groups in total. The monoisotopic (exact) mass is 472 g/mol. The van der Waals surface area contributed by atoms with Gasteiger partial charge in [0.2, 0.25) is 5.91 Å². The Kier molecular flexibility index (Phi) is 7.60. The van der Waals surface area contributed by atoms with Crippen LogP contribution in [0.3, 0.4) is 0 Å². The molecule has 0 aliphatic rings. The maximum absolute atomic E-state index is 13.5. The Morgan fingerprint density at radius 1 is 0.912 bits per heavy atom. The van der Waals surface area contributed by atoms with Gasteiger partial charge in [0.05, 0.1) is 25.8 Å². The van der Waals surface area contributed by atoms with Crippen LogP contribution in [-0.2, 0) is 11.2 Å². The van der Waals surface area contributed by atoms with Crippen LogP contribution < -0.4 is 14.8 Å². The van der Waals surface area contributed by atoms with Crippen LogP contribution in [0.15, 0.2) is 78.9 Å². The van der Waals surface area contributed by atoms with Gasteiger partial charge in [0.25, 0.3) is 0 Å². The fraction of sp³-hybridized carbons (Fsp3) is 0.214. The van der Waals surface area contributed by atoms with Crippen molar-refractivity contribution in [2.75, 3.05) is 19.5 Å². The topological polar surface area (TPSA) is 60.5 Å². The zero-order chi connectivity index (χ0) is 23.9. The highest BCUT2D eigenvalue weighted by atomic mass is 32.1. The van der Waals surface area contributed by atoms with Crippen LogP contribution in [0, 0.1) is 0 Å². The second-order valence-electron chi connectivity index (χ2n) is 7.85. The molecule has 0 aliphatic carbocycles. The Morgan fingerprint density at radius 3 is 2.09 bits per heavy atom. The molecule has 1 aromatic heterocycles. The molecule has 174 valence electrons. The quantitative estimate of drug-likeness (QED) is 0.300. The minimum atomic E-state index is -0.426. The molecule has 5 nitrogen and oxygen atoms in total. The number of nitrogens with zero attached hydrogens (tertiary/aromatic N) is 1. The van der Waals surface area contributed by atoms with Gasteiger partial charge in [0, 0.05) is 10.4 Å². The zero-order valence-electron chi connectivity index (χ0n) is 19.6. The Labute approximate surface area is 204 Å². The van der Waals surface area contributed by atoms with E-state index in [-0.39, 0.29) is 5.91 Å². The lowest BCUT2D eigenvalue weighted by Crippen LogP contribution is -2.22.